The average molecular weight is 315 g/mol. The van der Waals surface area contributed by atoms with Gasteiger partial charge < -0.3 is 5.11 Å². The van der Waals surface area contributed by atoms with E-state index < -0.39 is 5.60 Å². The minimum Gasteiger partial charge on any atom is -0.385 e. The van der Waals surface area contributed by atoms with Crippen molar-refractivity contribution in [3.63, 3.8) is 0 Å². The molecule has 0 unspecified atom stereocenters. The van der Waals surface area contributed by atoms with Crippen molar-refractivity contribution in [3.05, 3.63) is 35.9 Å². The largest absolute Gasteiger partial charge is 0.385 e. The Morgan fingerprint density at radius 2 is 1.30 bits per heavy atom. The van der Waals surface area contributed by atoms with Crippen molar-refractivity contribution in [1.29, 1.82) is 0 Å². The van der Waals surface area contributed by atoms with Crippen LogP contribution in [0.2, 0.25) is 0 Å². The zero-order valence-electron chi connectivity index (χ0n) is 14.7. The first-order valence-corrected chi connectivity index (χ1v) is 10.1. The topological polar surface area (TPSA) is 20.2 Å². The van der Waals surface area contributed by atoms with E-state index in [1.165, 1.54) is 77.0 Å². The fraction of sp³-hybridized carbons (Fsp3) is 0.727. The predicted molar refractivity (Wildman–Crippen MR) is 97.3 cm³/mol. The molecule has 2 aliphatic carbocycles. The molecule has 1 heteroatoms. The molecule has 0 bridgehead atoms. The number of hydrogen-bond acceptors (Lipinski definition) is 1. The molecule has 0 saturated heterocycles. The van der Waals surface area contributed by atoms with Gasteiger partial charge in [0.1, 0.15) is 0 Å². The Kier molecular flexibility index (Phi) is 6.16. The van der Waals surface area contributed by atoms with E-state index >= 15 is 0 Å². The Hall–Kier alpha value is -0.820. The zero-order valence-corrected chi connectivity index (χ0v) is 14.7. The van der Waals surface area contributed by atoms with Crippen LogP contribution in [0.3, 0.4) is 0 Å². The van der Waals surface area contributed by atoms with Gasteiger partial charge in [0.15, 0.2) is 0 Å². The molecule has 3 rings (SSSR count). The first-order valence-electron chi connectivity index (χ1n) is 10.1. The average Bonchev–Trinajstić information content (AvgIpc) is 3.36. The van der Waals surface area contributed by atoms with Crippen LogP contribution in [0, 0.1) is 11.8 Å². The molecule has 1 N–H and O–H groups in total. The number of rotatable bonds is 1. The van der Waals surface area contributed by atoms with Crippen molar-refractivity contribution in [2.24, 2.45) is 11.8 Å². The Morgan fingerprint density at radius 1 is 0.739 bits per heavy atom. The lowest BCUT2D eigenvalue weighted by atomic mass is 9.82. The molecule has 23 heavy (non-hydrogen) atoms. The fourth-order valence-electron chi connectivity index (χ4n) is 4.64. The Morgan fingerprint density at radius 3 is 1.96 bits per heavy atom. The van der Waals surface area contributed by atoms with Crippen LogP contribution in [0.15, 0.2) is 30.3 Å². The molecule has 2 fully saturated rings. The van der Waals surface area contributed by atoms with Gasteiger partial charge in [0, 0.05) is 0 Å². The number of fused-ring (bicyclic) bond motifs is 1. The van der Waals surface area contributed by atoms with E-state index in [-0.39, 0.29) is 0 Å². The third kappa shape index (κ3) is 4.59. The Bertz CT molecular complexity index is 454. The van der Waals surface area contributed by atoms with E-state index in [0.29, 0.717) is 5.92 Å². The van der Waals surface area contributed by atoms with E-state index in [2.05, 4.69) is 30.3 Å². The molecule has 1 aromatic carbocycles. The van der Waals surface area contributed by atoms with Crippen molar-refractivity contribution in [1.82, 2.24) is 0 Å². The summed E-state index contributed by atoms with van der Waals surface area (Å²) in [6.07, 6.45) is 17.2. The number of hydrogen-bond donors (Lipinski definition) is 1. The molecule has 2 saturated carbocycles. The van der Waals surface area contributed by atoms with Gasteiger partial charge >= 0.3 is 0 Å². The highest BCUT2D eigenvalue weighted by Crippen LogP contribution is 2.55. The summed E-state index contributed by atoms with van der Waals surface area (Å²) >= 11 is 0. The van der Waals surface area contributed by atoms with Crippen LogP contribution < -0.4 is 0 Å². The fourth-order valence-corrected chi connectivity index (χ4v) is 4.64. The lowest BCUT2D eigenvalue weighted by Crippen LogP contribution is -2.29. The van der Waals surface area contributed by atoms with E-state index in [0.717, 1.165) is 17.9 Å². The molecule has 0 aliphatic heterocycles. The molecule has 1 nitrogen and oxygen atoms in total. The van der Waals surface area contributed by atoms with Gasteiger partial charge in [-0.05, 0) is 30.2 Å². The minimum absolute atomic E-state index is 0.509. The summed E-state index contributed by atoms with van der Waals surface area (Å²) in [5, 5.41) is 11.5. The third-order valence-corrected chi connectivity index (χ3v) is 6.19. The van der Waals surface area contributed by atoms with Gasteiger partial charge in [-0.2, -0.15) is 0 Å². The Labute approximate surface area is 142 Å². The minimum atomic E-state index is -0.563. The van der Waals surface area contributed by atoms with Gasteiger partial charge in [-0.25, -0.2) is 0 Å². The van der Waals surface area contributed by atoms with Gasteiger partial charge in [-0.15, -0.1) is 0 Å². The maximum atomic E-state index is 11.5. The summed E-state index contributed by atoms with van der Waals surface area (Å²) in [6.45, 7) is 0. The highest BCUT2D eigenvalue weighted by atomic mass is 16.3. The van der Waals surface area contributed by atoms with Gasteiger partial charge in [0.2, 0.25) is 0 Å². The second-order valence-corrected chi connectivity index (χ2v) is 7.97. The van der Waals surface area contributed by atoms with Crippen molar-refractivity contribution < 1.29 is 5.11 Å². The van der Waals surface area contributed by atoms with Crippen LogP contribution in [0.1, 0.15) is 89.0 Å². The molecule has 2 aliphatic rings. The van der Waals surface area contributed by atoms with Crippen molar-refractivity contribution >= 4 is 0 Å². The van der Waals surface area contributed by atoms with Crippen LogP contribution in [0.25, 0.3) is 0 Å². The van der Waals surface area contributed by atoms with Crippen molar-refractivity contribution in [2.75, 3.05) is 0 Å². The highest BCUT2D eigenvalue weighted by Gasteiger charge is 2.51. The number of aliphatic hydroxyl groups is 1. The summed E-state index contributed by atoms with van der Waals surface area (Å²) in [5.74, 6) is 1.28. The summed E-state index contributed by atoms with van der Waals surface area (Å²) in [4.78, 5) is 0. The first kappa shape index (κ1) is 17.0. The first-order chi connectivity index (χ1) is 11.3. The molecule has 0 heterocycles. The maximum absolute atomic E-state index is 11.5. The predicted octanol–water partition coefficient (Wildman–Crippen LogP) is 6.21. The van der Waals surface area contributed by atoms with Crippen LogP contribution in [-0.2, 0) is 5.60 Å². The summed E-state index contributed by atoms with van der Waals surface area (Å²) in [6, 6.07) is 10.5. The smallest absolute Gasteiger partial charge is 0.0927 e. The van der Waals surface area contributed by atoms with Crippen LogP contribution in [-0.4, -0.2) is 5.11 Å². The summed E-state index contributed by atoms with van der Waals surface area (Å²) in [7, 11) is 0. The second-order valence-electron chi connectivity index (χ2n) is 7.97. The van der Waals surface area contributed by atoms with Gasteiger partial charge in [-0.3, -0.25) is 0 Å². The lowest BCUT2D eigenvalue weighted by Gasteiger charge is -2.30. The SMILES string of the molecule is O[C@]1(c2ccccc2)CCCCCCCCCCCC[C@H]2C[C@@H]21. The zero-order chi connectivity index (χ0) is 16.0. The van der Waals surface area contributed by atoms with E-state index in [1.807, 2.05) is 0 Å². The van der Waals surface area contributed by atoms with E-state index in [1.54, 1.807) is 0 Å². The van der Waals surface area contributed by atoms with Crippen LogP contribution in [0.4, 0.5) is 0 Å². The molecular weight excluding hydrogens is 280 g/mol. The molecule has 1 aromatic rings. The quantitative estimate of drug-likeness (QED) is 0.653. The Balaban J connectivity index is 1.66. The van der Waals surface area contributed by atoms with Gasteiger partial charge in [-0.1, -0.05) is 101 Å². The van der Waals surface area contributed by atoms with Crippen molar-refractivity contribution in [3.8, 4) is 0 Å². The standard InChI is InChI=1S/C22H34O/c23-22(20-15-11-9-12-16-20)17-13-8-6-4-2-1-3-5-7-10-14-19-18-21(19)22/h9,11-12,15-16,19,21,23H,1-8,10,13-14,17-18H2/t19-,21-,22-/m0/s1. The monoisotopic (exact) mass is 314 g/mol. The molecule has 0 amide bonds. The summed E-state index contributed by atoms with van der Waals surface area (Å²) in [5.41, 5.74) is 0.600. The summed E-state index contributed by atoms with van der Waals surface area (Å²) < 4.78 is 0. The van der Waals surface area contributed by atoms with Gasteiger partial charge in [0.25, 0.3) is 0 Å². The molecule has 0 aromatic heterocycles. The molecule has 3 atom stereocenters. The molecular formula is C22H34O. The second kappa shape index (κ2) is 8.33. The molecule has 0 radical (unpaired) electrons. The van der Waals surface area contributed by atoms with Gasteiger partial charge in [0.05, 0.1) is 5.60 Å². The number of benzene rings is 1. The highest BCUT2D eigenvalue weighted by molar-refractivity contribution is 5.25. The van der Waals surface area contributed by atoms with E-state index in [9.17, 15) is 5.11 Å². The van der Waals surface area contributed by atoms with Crippen LogP contribution in [0.5, 0.6) is 0 Å². The molecule has 0 spiro atoms. The lowest BCUT2D eigenvalue weighted by molar-refractivity contribution is -0.00410. The molecule has 128 valence electrons. The van der Waals surface area contributed by atoms with E-state index in [4.69, 9.17) is 0 Å². The third-order valence-electron chi connectivity index (χ3n) is 6.19. The normalized spacial score (nSPS) is 34.0. The van der Waals surface area contributed by atoms with Crippen LogP contribution >= 0.6 is 0 Å². The maximum Gasteiger partial charge on any atom is 0.0927 e. The van der Waals surface area contributed by atoms with Crippen molar-refractivity contribution in [2.45, 2.75) is 89.1 Å².